The summed E-state index contributed by atoms with van der Waals surface area (Å²) >= 11 is 0. The van der Waals surface area contributed by atoms with Gasteiger partial charge in [0.1, 0.15) is 6.10 Å². The van der Waals surface area contributed by atoms with E-state index in [-0.39, 0.29) is 12.2 Å². The van der Waals surface area contributed by atoms with E-state index in [9.17, 15) is 9.36 Å². The standard InChI is InChI=1S/C15H29O6P/c1-4-5-6-7-8-9-10-11-14(12-20-22(17,18)19)21-15(16)13(2)3/h14H,2,4-12H2,1,3H3,(H2,17,18,19). The highest BCUT2D eigenvalue weighted by Crippen LogP contribution is 2.36. The van der Waals surface area contributed by atoms with Crippen LogP contribution in [0.5, 0.6) is 0 Å². The summed E-state index contributed by atoms with van der Waals surface area (Å²) in [7, 11) is -4.56. The van der Waals surface area contributed by atoms with Gasteiger partial charge in [-0.25, -0.2) is 9.36 Å². The molecule has 0 aliphatic heterocycles. The molecule has 1 unspecified atom stereocenters. The zero-order valence-electron chi connectivity index (χ0n) is 13.6. The third-order valence-corrected chi connectivity index (χ3v) is 3.67. The number of ether oxygens (including phenoxy) is 1. The first-order valence-corrected chi connectivity index (χ1v) is 9.36. The van der Waals surface area contributed by atoms with Gasteiger partial charge >= 0.3 is 13.8 Å². The predicted molar refractivity (Wildman–Crippen MR) is 85.3 cm³/mol. The smallest absolute Gasteiger partial charge is 0.457 e. The summed E-state index contributed by atoms with van der Waals surface area (Å²) in [5.74, 6) is -0.567. The van der Waals surface area contributed by atoms with Crippen LogP contribution in [0.4, 0.5) is 0 Å². The molecule has 0 spiro atoms. The summed E-state index contributed by atoms with van der Waals surface area (Å²) in [5, 5.41) is 0. The fourth-order valence-electron chi connectivity index (χ4n) is 1.94. The Balaban J connectivity index is 4.09. The average molecular weight is 336 g/mol. The molecular weight excluding hydrogens is 307 g/mol. The Hall–Kier alpha value is -0.680. The van der Waals surface area contributed by atoms with E-state index < -0.39 is 19.9 Å². The summed E-state index contributed by atoms with van der Waals surface area (Å²) < 4.78 is 20.3. The molecule has 7 heteroatoms. The van der Waals surface area contributed by atoms with Gasteiger partial charge < -0.3 is 14.5 Å². The van der Waals surface area contributed by atoms with Crippen molar-refractivity contribution in [2.24, 2.45) is 0 Å². The lowest BCUT2D eigenvalue weighted by molar-refractivity contribution is -0.146. The topological polar surface area (TPSA) is 93.1 Å². The Kier molecular flexibility index (Phi) is 11.5. The Morgan fingerprint density at radius 3 is 2.18 bits per heavy atom. The number of unbranched alkanes of at least 4 members (excludes halogenated alkanes) is 6. The van der Waals surface area contributed by atoms with Crippen LogP contribution in [0.25, 0.3) is 0 Å². The third-order valence-electron chi connectivity index (χ3n) is 3.18. The molecule has 0 saturated carbocycles. The first-order chi connectivity index (χ1) is 10.3. The van der Waals surface area contributed by atoms with Crippen molar-refractivity contribution in [1.29, 1.82) is 0 Å². The molecule has 0 aliphatic carbocycles. The summed E-state index contributed by atoms with van der Waals surface area (Å²) in [6.07, 6.45) is 7.66. The summed E-state index contributed by atoms with van der Waals surface area (Å²) in [6, 6.07) is 0. The largest absolute Gasteiger partial charge is 0.469 e. The number of rotatable bonds is 13. The molecule has 22 heavy (non-hydrogen) atoms. The van der Waals surface area contributed by atoms with Gasteiger partial charge in [0.25, 0.3) is 0 Å². The molecule has 0 rings (SSSR count). The molecule has 0 fully saturated rings. The molecule has 0 radical (unpaired) electrons. The minimum atomic E-state index is -4.56. The number of esters is 1. The normalized spacial score (nSPS) is 12.9. The zero-order valence-corrected chi connectivity index (χ0v) is 14.5. The zero-order chi connectivity index (χ0) is 17.0. The van der Waals surface area contributed by atoms with Crippen LogP contribution in [0.3, 0.4) is 0 Å². The van der Waals surface area contributed by atoms with Gasteiger partial charge in [0.05, 0.1) is 6.61 Å². The number of phosphoric acid groups is 1. The van der Waals surface area contributed by atoms with E-state index in [2.05, 4.69) is 18.0 Å². The molecule has 0 aliphatic rings. The van der Waals surface area contributed by atoms with Gasteiger partial charge in [0.15, 0.2) is 0 Å². The highest BCUT2D eigenvalue weighted by Gasteiger charge is 2.21. The third kappa shape index (κ3) is 13.0. The fraction of sp³-hybridized carbons (Fsp3) is 0.800. The van der Waals surface area contributed by atoms with Crippen LogP contribution in [0.2, 0.25) is 0 Å². The molecule has 2 N–H and O–H groups in total. The van der Waals surface area contributed by atoms with Gasteiger partial charge in [-0.15, -0.1) is 0 Å². The molecule has 0 saturated heterocycles. The Bertz CT molecular complexity index is 376. The lowest BCUT2D eigenvalue weighted by Crippen LogP contribution is -2.23. The second-order valence-corrected chi connectivity index (χ2v) is 6.74. The van der Waals surface area contributed by atoms with Crippen molar-refractivity contribution in [3.63, 3.8) is 0 Å². The van der Waals surface area contributed by atoms with Crippen molar-refractivity contribution in [3.8, 4) is 0 Å². The van der Waals surface area contributed by atoms with E-state index in [0.717, 1.165) is 19.3 Å². The highest BCUT2D eigenvalue weighted by atomic mass is 31.2. The van der Waals surface area contributed by atoms with Crippen molar-refractivity contribution in [3.05, 3.63) is 12.2 Å². The van der Waals surface area contributed by atoms with Crippen LogP contribution >= 0.6 is 7.82 Å². The minimum Gasteiger partial charge on any atom is -0.457 e. The minimum absolute atomic E-state index is 0.251. The van der Waals surface area contributed by atoms with E-state index in [0.29, 0.717) is 6.42 Å². The SMILES string of the molecule is C=C(C)C(=O)OC(CCCCCCCCC)COP(=O)(O)O. The van der Waals surface area contributed by atoms with E-state index in [4.69, 9.17) is 14.5 Å². The van der Waals surface area contributed by atoms with Gasteiger partial charge in [0, 0.05) is 5.57 Å². The van der Waals surface area contributed by atoms with Crippen LogP contribution < -0.4 is 0 Å². The molecular formula is C15H29O6P. The number of carbonyl (C=O) groups excluding carboxylic acids is 1. The maximum atomic E-state index is 11.5. The first kappa shape index (κ1) is 21.3. The number of hydrogen-bond acceptors (Lipinski definition) is 4. The Morgan fingerprint density at radius 2 is 1.68 bits per heavy atom. The highest BCUT2D eigenvalue weighted by molar-refractivity contribution is 7.46. The summed E-state index contributed by atoms with van der Waals surface area (Å²) in [4.78, 5) is 29.0. The van der Waals surface area contributed by atoms with Gasteiger partial charge in [-0.05, 0) is 19.8 Å². The first-order valence-electron chi connectivity index (χ1n) is 7.82. The molecule has 0 aromatic carbocycles. The Morgan fingerprint density at radius 1 is 1.14 bits per heavy atom. The molecule has 6 nitrogen and oxygen atoms in total. The second-order valence-electron chi connectivity index (χ2n) is 5.50. The maximum absolute atomic E-state index is 11.5. The predicted octanol–water partition coefficient (Wildman–Crippen LogP) is 3.72. The van der Waals surface area contributed by atoms with Crippen LogP contribution in [-0.2, 0) is 18.6 Å². The molecule has 0 aromatic heterocycles. The van der Waals surface area contributed by atoms with Crippen molar-refractivity contribution in [1.82, 2.24) is 0 Å². The van der Waals surface area contributed by atoms with Gasteiger partial charge in [-0.2, -0.15) is 0 Å². The molecule has 130 valence electrons. The van der Waals surface area contributed by atoms with Crippen molar-refractivity contribution >= 4 is 13.8 Å². The van der Waals surface area contributed by atoms with Crippen LogP contribution in [-0.4, -0.2) is 28.5 Å². The Labute approximate surface area is 133 Å². The van der Waals surface area contributed by atoms with Gasteiger partial charge in [-0.1, -0.05) is 52.0 Å². The van der Waals surface area contributed by atoms with E-state index in [1.54, 1.807) is 0 Å². The van der Waals surface area contributed by atoms with Crippen LogP contribution in [0.15, 0.2) is 12.2 Å². The van der Waals surface area contributed by atoms with E-state index in [1.807, 2.05) is 0 Å². The number of phosphoric ester groups is 1. The van der Waals surface area contributed by atoms with Crippen LogP contribution in [0, 0.1) is 0 Å². The molecule has 0 aromatic rings. The van der Waals surface area contributed by atoms with Crippen molar-refractivity contribution in [2.45, 2.75) is 71.3 Å². The number of hydrogen-bond donors (Lipinski definition) is 2. The van der Waals surface area contributed by atoms with Crippen molar-refractivity contribution < 1.29 is 28.4 Å². The van der Waals surface area contributed by atoms with Crippen molar-refractivity contribution in [2.75, 3.05) is 6.61 Å². The molecule has 1 atom stereocenters. The fourth-order valence-corrected chi connectivity index (χ4v) is 2.30. The van der Waals surface area contributed by atoms with E-state index >= 15 is 0 Å². The number of carbonyl (C=O) groups is 1. The lowest BCUT2D eigenvalue weighted by Gasteiger charge is -2.18. The monoisotopic (exact) mass is 336 g/mol. The van der Waals surface area contributed by atoms with E-state index in [1.165, 1.54) is 32.6 Å². The summed E-state index contributed by atoms with van der Waals surface area (Å²) in [5.41, 5.74) is 0.251. The molecule has 0 bridgehead atoms. The quantitative estimate of drug-likeness (QED) is 0.230. The summed E-state index contributed by atoms with van der Waals surface area (Å²) in [6.45, 7) is 6.87. The maximum Gasteiger partial charge on any atom is 0.469 e. The molecule has 0 amide bonds. The molecule has 0 heterocycles. The second kappa shape index (κ2) is 11.8. The van der Waals surface area contributed by atoms with Gasteiger partial charge in [0.2, 0.25) is 0 Å². The lowest BCUT2D eigenvalue weighted by atomic mass is 10.1. The average Bonchev–Trinajstić information content (AvgIpc) is 2.42. The van der Waals surface area contributed by atoms with Gasteiger partial charge in [-0.3, -0.25) is 4.52 Å². The van der Waals surface area contributed by atoms with Crippen LogP contribution in [0.1, 0.15) is 65.2 Å².